The van der Waals surface area contributed by atoms with E-state index >= 15 is 0 Å². The van der Waals surface area contributed by atoms with Crippen molar-refractivity contribution in [3.05, 3.63) is 0 Å². The molecule has 0 bridgehead atoms. The van der Waals surface area contributed by atoms with Gasteiger partial charge in [-0.3, -0.25) is 0 Å². The summed E-state index contributed by atoms with van der Waals surface area (Å²) in [5.74, 6) is 0.271. The molecule has 3 heteroatoms. The summed E-state index contributed by atoms with van der Waals surface area (Å²) in [6.45, 7) is 6.46. The second kappa shape index (κ2) is 4.01. The lowest BCUT2D eigenvalue weighted by Gasteiger charge is -2.35. The van der Waals surface area contributed by atoms with Crippen LogP contribution in [0.3, 0.4) is 0 Å². The predicted molar refractivity (Wildman–Crippen MR) is 44.7 cm³/mol. The van der Waals surface area contributed by atoms with Gasteiger partial charge in [0, 0.05) is 11.8 Å². The maximum absolute atomic E-state index is 10.5. The molecule has 0 spiro atoms. The monoisotopic (exact) mass is 172 g/mol. The number of ether oxygens (including phenoxy) is 2. The van der Waals surface area contributed by atoms with E-state index in [0.29, 0.717) is 12.5 Å². The molecule has 0 aromatic carbocycles. The molecule has 0 radical (unpaired) electrons. The Labute approximate surface area is 73.0 Å². The highest BCUT2D eigenvalue weighted by Crippen LogP contribution is 2.23. The summed E-state index contributed by atoms with van der Waals surface area (Å²) < 4.78 is 10.8. The Balaban J connectivity index is 2.53. The summed E-state index contributed by atoms with van der Waals surface area (Å²) in [5, 5.41) is 0. The fourth-order valence-corrected chi connectivity index (χ4v) is 1.50. The molecule has 1 heterocycles. The lowest BCUT2D eigenvalue weighted by molar-refractivity contribution is -0.233. The maximum Gasteiger partial charge on any atom is 0.155 e. The number of hydrogen-bond acceptors (Lipinski definition) is 3. The molecule has 1 rings (SSSR count). The minimum atomic E-state index is -0.173. The molecule has 0 aromatic heterocycles. The zero-order valence-electron chi connectivity index (χ0n) is 7.82. The largest absolute Gasteiger partial charge is 0.353 e. The van der Waals surface area contributed by atoms with E-state index in [1.165, 1.54) is 0 Å². The van der Waals surface area contributed by atoms with Crippen LogP contribution in [0.5, 0.6) is 0 Å². The van der Waals surface area contributed by atoms with Crippen LogP contribution in [0.15, 0.2) is 0 Å². The third kappa shape index (κ3) is 2.05. The fourth-order valence-electron chi connectivity index (χ4n) is 1.50. The van der Waals surface area contributed by atoms with Crippen molar-refractivity contribution in [2.75, 3.05) is 6.61 Å². The minimum absolute atomic E-state index is 0.0197. The first-order valence-corrected chi connectivity index (χ1v) is 4.37. The van der Waals surface area contributed by atoms with E-state index in [1.54, 1.807) is 0 Å². The second-order valence-corrected chi connectivity index (χ2v) is 3.47. The van der Waals surface area contributed by atoms with Crippen molar-refractivity contribution < 1.29 is 14.3 Å². The van der Waals surface area contributed by atoms with E-state index in [9.17, 15) is 4.79 Å². The van der Waals surface area contributed by atoms with Gasteiger partial charge in [0.2, 0.25) is 0 Å². The predicted octanol–water partition coefficient (Wildman–Crippen LogP) is 1.22. The smallest absolute Gasteiger partial charge is 0.155 e. The lowest BCUT2D eigenvalue weighted by atomic mass is 9.94. The molecule has 0 amide bonds. The van der Waals surface area contributed by atoms with Gasteiger partial charge in [0.05, 0.1) is 12.7 Å². The van der Waals surface area contributed by atoms with E-state index in [1.807, 2.05) is 20.8 Å². The summed E-state index contributed by atoms with van der Waals surface area (Å²) >= 11 is 0. The lowest BCUT2D eigenvalue weighted by Crippen LogP contribution is -2.41. The van der Waals surface area contributed by atoms with Crippen LogP contribution in [0.2, 0.25) is 0 Å². The molecule has 3 nitrogen and oxygen atoms in total. The summed E-state index contributed by atoms with van der Waals surface area (Å²) in [7, 11) is 0. The Morgan fingerprint density at radius 1 is 1.50 bits per heavy atom. The second-order valence-electron chi connectivity index (χ2n) is 3.47. The van der Waals surface area contributed by atoms with E-state index in [4.69, 9.17) is 9.47 Å². The van der Waals surface area contributed by atoms with Gasteiger partial charge in [-0.25, -0.2) is 0 Å². The number of carbonyl (C=O) groups excluding carboxylic acids is 1. The normalized spacial score (nSPS) is 39.1. The molecular formula is C9H16O3. The molecule has 4 atom stereocenters. The van der Waals surface area contributed by atoms with Gasteiger partial charge < -0.3 is 14.3 Å². The molecule has 12 heavy (non-hydrogen) atoms. The first-order valence-electron chi connectivity index (χ1n) is 4.37. The van der Waals surface area contributed by atoms with Crippen molar-refractivity contribution in [3.8, 4) is 0 Å². The molecule has 1 fully saturated rings. The molecule has 1 saturated heterocycles. The summed E-state index contributed by atoms with van der Waals surface area (Å²) in [4.78, 5) is 10.5. The standard InChI is InChI=1S/C9H16O3/c1-6(4-10)9-7(2)5-11-8(3)12-9/h4,6-9H,5H2,1-3H3/t6-,7-,8-,9?/m0/s1. The van der Waals surface area contributed by atoms with Crippen LogP contribution < -0.4 is 0 Å². The van der Waals surface area contributed by atoms with Gasteiger partial charge in [0.25, 0.3) is 0 Å². The summed E-state index contributed by atoms with van der Waals surface area (Å²) in [6.07, 6.45) is 0.791. The molecule has 70 valence electrons. The van der Waals surface area contributed by atoms with Crippen molar-refractivity contribution in [3.63, 3.8) is 0 Å². The zero-order valence-corrected chi connectivity index (χ0v) is 7.82. The van der Waals surface area contributed by atoms with E-state index in [2.05, 4.69) is 0 Å². The minimum Gasteiger partial charge on any atom is -0.353 e. The topological polar surface area (TPSA) is 35.5 Å². The molecule has 0 aromatic rings. The number of hydrogen-bond donors (Lipinski definition) is 0. The summed E-state index contributed by atoms with van der Waals surface area (Å²) in [5.41, 5.74) is 0. The Hall–Kier alpha value is -0.410. The van der Waals surface area contributed by atoms with Gasteiger partial charge in [0.1, 0.15) is 6.29 Å². The third-order valence-electron chi connectivity index (χ3n) is 2.24. The van der Waals surface area contributed by atoms with Crippen molar-refractivity contribution in [1.82, 2.24) is 0 Å². The molecule has 1 unspecified atom stereocenters. The number of rotatable bonds is 2. The van der Waals surface area contributed by atoms with Crippen molar-refractivity contribution in [2.45, 2.75) is 33.2 Å². The van der Waals surface area contributed by atoms with Gasteiger partial charge in [-0.05, 0) is 6.92 Å². The Morgan fingerprint density at radius 3 is 2.75 bits per heavy atom. The van der Waals surface area contributed by atoms with Crippen LogP contribution in [-0.2, 0) is 14.3 Å². The van der Waals surface area contributed by atoms with E-state index in [0.717, 1.165) is 6.29 Å². The molecule has 1 aliphatic rings. The van der Waals surface area contributed by atoms with E-state index in [-0.39, 0.29) is 18.3 Å². The van der Waals surface area contributed by atoms with Gasteiger partial charge in [-0.15, -0.1) is 0 Å². The first-order chi connectivity index (χ1) is 5.65. The molecule has 0 saturated carbocycles. The first kappa shape index (κ1) is 9.68. The highest BCUT2D eigenvalue weighted by atomic mass is 16.7. The van der Waals surface area contributed by atoms with Crippen LogP contribution >= 0.6 is 0 Å². The van der Waals surface area contributed by atoms with Gasteiger partial charge >= 0.3 is 0 Å². The Morgan fingerprint density at radius 2 is 2.17 bits per heavy atom. The third-order valence-corrected chi connectivity index (χ3v) is 2.24. The number of carbonyl (C=O) groups is 1. The Kier molecular flexibility index (Phi) is 3.23. The van der Waals surface area contributed by atoms with Crippen molar-refractivity contribution >= 4 is 6.29 Å². The van der Waals surface area contributed by atoms with E-state index < -0.39 is 0 Å². The highest BCUT2D eigenvalue weighted by Gasteiger charge is 2.30. The zero-order chi connectivity index (χ0) is 9.14. The molecule has 0 aliphatic carbocycles. The fraction of sp³-hybridized carbons (Fsp3) is 0.889. The molecular weight excluding hydrogens is 156 g/mol. The SMILES string of the molecule is C[C@H]1OC[C@H](C)C([C@@H](C)C=O)O1. The van der Waals surface area contributed by atoms with Gasteiger partial charge in [-0.2, -0.15) is 0 Å². The van der Waals surface area contributed by atoms with Crippen LogP contribution in [0.1, 0.15) is 20.8 Å². The van der Waals surface area contributed by atoms with Gasteiger partial charge in [0.15, 0.2) is 6.29 Å². The van der Waals surface area contributed by atoms with Gasteiger partial charge in [-0.1, -0.05) is 13.8 Å². The summed E-state index contributed by atoms with van der Waals surface area (Å²) in [6, 6.07) is 0. The quantitative estimate of drug-likeness (QED) is 0.587. The van der Waals surface area contributed by atoms with Crippen LogP contribution in [0.4, 0.5) is 0 Å². The maximum atomic E-state index is 10.5. The molecule has 0 N–H and O–H groups in total. The van der Waals surface area contributed by atoms with Crippen LogP contribution in [0.25, 0.3) is 0 Å². The number of aldehydes is 1. The van der Waals surface area contributed by atoms with Crippen LogP contribution in [-0.4, -0.2) is 25.3 Å². The van der Waals surface area contributed by atoms with Crippen molar-refractivity contribution in [1.29, 1.82) is 0 Å². The van der Waals surface area contributed by atoms with Crippen LogP contribution in [0, 0.1) is 11.8 Å². The average Bonchev–Trinajstić information content (AvgIpc) is 2.08. The van der Waals surface area contributed by atoms with Crippen molar-refractivity contribution in [2.24, 2.45) is 11.8 Å². The Bertz CT molecular complexity index is 158. The molecule has 1 aliphatic heterocycles. The highest BCUT2D eigenvalue weighted by molar-refractivity contribution is 5.53. The average molecular weight is 172 g/mol.